The molecule has 0 spiro atoms. The summed E-state index contributed by atoms with van der Waals surface area (Å²) in [6.45, 7) is 2.47. The van der Waals surface area contributed by atoms with Gasteiger partial charge in [-0.25, -0.2) is 0 Å². The molecule has 2 fully saturated rings. The molecule has 1 aliphatic carbocycles. The SMILES string of the molecule is CNC1CCC(N2CCC(OC)CC2)C1. The maximum absolute atomic E-state index is 5.41. The molecule has 3 nitrogen and oxygen atoms in total. The highest BCUT2D eigenvalue weighted by atomic mass is 16.5. The molecule has 0 aromatic rings. The number of ether oxygens (including phenoxy) is 1. The minimum absolute atomic E-state index is 0.516. The summed E-state index contributed by atoms with van der Waals surface area (Å²) in [6.07, 6.45) is 7.03. The van der Waals surface area contributed by atoms with E-state index in [1.807, 2.05) is 7.11 Å². The second kappa shape index (κ2) is 5.28. The van der Waals surface area contributed by atoms with Crippen LogP contribution in [0.3, 0.4) is 0 Å². The Morgan fingerprint density at radius 2 is 1.87 bits per heavy atom. The molecule has 1 saturated heterocycles. The van der Waals surface area contributed by atoms with E-state index >= 15 is 0 Å². The fraction of sp³-hybridized carbons (Fsp3) is 1.00. The van der Waals surface area contributed by atoms with Gasteiger partial charge in [-0.15, -0.1) is 0 Å². The summed E-state index contributed by atoms with van der Waals surface area (Å²) in [4.78, 5) is 2.67. The standard InChI is InChI=1S/C12H24N2O/c1-13-10-3-4-11(9-10)14-7-5-12(15-2)6-8-14/h10-13H,3-9H2,1-2H3. The van der Waals surface area contributed by atoms with Crippen LogP contribution >= 0.6 is 0 Å². The van der Waals surface area contributed by atoms with Gasteiger partial charge in [0.25, 0.3) is 0 Å². The topological polar surface area (TPSA) is 24.5 Å². The highest BCUT2D eigenvalue weighted by Crippen LogP contribution is 2.26. The van der Waals surface area contributed by atoms with Crippen LogP contribution in [0, 0.1) is 0 Å². The van der Waals surface area contributed by atoms with Gasteiger partial charge in [0.2, 0.25) is 0 Å². The van der Waals surface area contributed by atoms with Crippen molar-refractivity contribution >= 4 is 0 Å². The van der Waals surface area contributed by atoms with Crippen molar-refractivity contribution in [1.29, 1.82) is 0 Å². The molecule has 1 saturated carbocycles. The highest BCUT2D eigenvalue weighted by molar-refractivity contribution is 4.88. The Morgan fingerprint density at radius 3 is 2.40 bits per heavy atom. The van der Waals surface area contributed by atoms with E-state index in [4.69, 9.17) is 4.74 Å². The molecule has 0 aromatic carbocycles. The summed E-state index contributed by atoms with van der Waals surface area (Å²) in [7, 11) is 3.93. The van der Waals surface area contributed by atoms with Crippen molar-refractivity contribution in [2.45, 2.75) is 50.3 Å². The first-order chi connectivity index (χ1) is 7.33. The third kappa shape index (κ3) is 2.71. The van der Waals surface area contributed by atoms with E-state index in [0.717, 1.165) is 12.1 Å². The largest absolute Gasteiger partial charge is 0.381 e. The number of nitrogens with zero attached hydrogens (tertiary/aromatic N) is 1. The fourth-order valence-electron chi connectivity index (χ4n) is 3.03. The molecule has 88 valence electrons. The van der Waals surface area contributed by atoms with Crippen LogP contribution in [-0.2, 0) is 4.74 Å². The zero-order chi connectivity index (χ0) is 10.7. The Morgan fingerprint density at radius 1 is 1.13 bits per heavy atom. The van der Waals surface area contributed by atoms with Gasteiger partial charge < -0.3 is 15.0 Å². The van der Waals surface area contributed by atoms with E-state index in [0.29, 0.717) is 6.10 Å². The molecule has 15 heavy (non-hydrogen) atoms. The van der Waals surface area contributed by atoms with Crippen molar-refractivity contribution in [2.75, 3.05) is 27.2 Å². The predicted octanol–water partition coefficient (Wildman–Crippen LogP) is 1.24. The van der Waals surface area contributed by atoms with Gasteiger partial charge in [0.1, 0.15) is 0 Å². The molecule has 0 radical (unpaired) electrons. The van der Waals surface area contributed by atoms with E-state index in [9.17, 15) is 0 Å². The maximum Gasteiger partial charge on any atom is 0.0595 e. The maximum atomic E-state index is 5.41. The first-order valence-corrected chi connectivity index (χ1v) is 6.27. The number of nitrogens with one attached hydrogen (secondary N) is 1. The lowest BCUT2D eigenvalue weighted by molar-refractivity contribution is 0.0278. The minimum atomic E-state index is 0.516. The summed E-state index contributed by atoms with van der Waals surface area (Å²) in [5, 5.41) is 3.40. The van der Waals surface area contributed by atoms with E-state index < -0.39 is 0 Å². The summed E-state index contributed by atoms with van der Waals surface area (Å²) < 4.78 is 5.41. The van der Waals surface area contributed by atoms with Crippen LogP contribution in [-0.4, -0.2) is 50.3 Å². The minimum Gasteiger partial charge on any atom is -0.381 e. The lowest BCUT2D eigenvalue weighted by atomic mass is 10.0. The number of likely N-dealkylation sites (tertiary alicyclic amines) is 1. The zero-order valence-electron chi connectivity index (χ0n) is 10.0. The third-order valence-corrected chi connectivity index (χ3v) is 4.14. The Balaban J connectivity index is 1.76. The van der Waals surface area contributed by atoms with Gasteiger partial charge in [0.05, 0.1) is 6.10 Å². The lowest BCUT2D eigenvalue weighted by Crippen LogP contribution is -2.42. The number of hydrogen-bond acceptors (Lipinski definition) is 3. The normalized spacial score (nSPS) is 34.8. The van der Waals surface area contributed by atoms with Crippen LogP contribution in [0.25, 0.3) is 0 Å². The van der Waals surface area contributed by atoms with Crippen molar-refractivity contribution in [3.05, 3.63) is 0 Å². The number of hydrogen-bond donors (Lipinski definition) is 1. The monoisotopic (exact) mass is 212 g/mol. The average molecular weight is 212 g/mol. The molecule has 0 aromatic heterocycles. The third-order valence-electron chi connectivity index (χ3n) is 4.14. The molecule has 2 rings (SSSR count). The second-order valence-corrected chi connectivity index (χ2v) is 4.92. The first kappa shape index (κ1) is 11.4. The van der Waals surface area contributed by atoms with Crippen LogP contribution in [0.15, 0.2) is 0 Å². The molecule has 0 amide bonds. The molecule has 0 bridgehead atoms. The van der Waals surface area contributed by atoms with Crippen LogP contribution in [0.1, 0.15) is 32.1 Å². The van der Waals surface area contributed by atoms with Crippen LogP contribution in [0.2, 0.25) is 0 Å². The molecule has 2 unspecified atom stereocenters. The van der Waals surface area contributed by atoms with Gasteiger partial charge in [-0.05, 0) is 39.2 Å². The quantitative estimate of drug-likeness (QED) is 0.762. The molecule has 2 atom stereocenters. The summed E-state index contributed by atoms with van der Waals surface area (Å²) in [6, 6.07) is 1.59. The van der Waals surface area contributed by atoms with Gasteiger partial charge in [-0.3, -0.25) is 0 Å². The molecule has 1 aliphatic heterocycles. The first-order valence-electron chi connectivity index (χ1n) is 6.27. The highest BCUT2D eigenvalue weighted by Gasteiger charge is 2.30. The molecular weight excluding hydrogens is 188 g/mol. The Hall–Kier alpha value is -0.120. The van der Waals surface area contributed by atoms with Crippen molar-refractivity contribution in [1.82, 2.24) is 10.2 Å². The van der Waals surface area contributed by atoms with Crippen LogP contribution < -0.4 is 5.32 Å². The zero-order valence-corrected chi connectivity index (χ0v) is 10.0. The summed E-state index contributed by atoms with van der Waals surface area (Å²) in [5.74, 6) is 0. The lowest BCUT2D eigenvalue weighted by Gasteiger charge is -2.35. The van der Waals surface area contributed by atoms with Crippen molar-refractivity contribution in [2.24, 2.45) is 0 Å². The number of piperidine rings is 1. The van der Waals surface area contributed by atoms with E-state index in [-0.39, 0.29) is 0 Å². The van der Waals surface area contributed by atoms with Crippen LogP contribution in [0.4, 0.5) is 0 Å². The predicted molar refractivity (Wildman–Crippen MR) is 62.1 cm³/mol. The van der Waals surface area contributed by atoms with Gasteiger partial charge in [0.15, 0.2) is 0 Å². The molecule has 3 heteroatoms. The van der Waals surface area contributed by atoms with Crippen LogP contribution in [0.5, 0.6) is 0 Å². The van der Waals surface area contributed by atoms with E-state index in [1.54, 1.807) is 0 Å². The number of methoxy groups -OCH3 is 1. The van der Waals surface area contributed by atoms with Gasteiger partial charge in [-0.2, -0.15) is 0 Å². The molecular formula is C12H24N2O. The van der Waals surface area contributed by atoms with Crippen molar-refractivity contribution < 1.29 is 4.74 Å². The molecule has 2 aliphatic rings. The smallest absolute Gasteiger partial charge is 0.0595 e. The van der Waals surface area contributed by atoms with Crippen molar-refractivity contribution in [3.63, 3.8) is 0 Å². The second-order valence-electron chi connectivity index (χ2n) is 4.92. The van der Waals surface area contributed by atoms with E-state index in [2.05, 4.69) is 17.3 Å². The fourth-order valence-corrected chi connectivity index (χ4v) is 3.03. The van der Waals surface area contributed by atoms with Gasteiger partial charge in [-0.1, -0.05) is 0 Å². The Kier molecular flexibility index (Phi) is 4.00. The Bertz CT molecular complexity index is 190. The Labute approximate surface area is 93.2 Å². The summed E-state index contributed by atoms with van der Waals surface area (Å²) >= 11 is 0. The number of rotatable bonds is 3. The van der Waals surface area contributed by atoms with Crippen molar-refractivity contribution in [3.8, 4) is 0 Å². The summed E-state index contributed by atoms with van der Waals surface area (Å²) in [5.41, 5.74) is 0. The molecule has 1 heterocycles. The molecule has 1 N–H and O–H groups in total. The van der Waals surface area contributed by atoms with Gasteiger partial charge >= 0.3 is 0 Å². The van der Waals surface area contributed by atoms with E-state index in [1.165, 1.54) is 45.2 Å². The van der Waals surface area contributed by atoms with Gasteiger partial charge in [0, 0.05) is 32.3 Å². The average Bonchev–Trinajstić information content (AvgIpc) is 2.78.